The van der Waals surface area contributed by atoms with Crippen molar-refractivity contribution in [3.05, 3.63) is 65.5 Å². The minimum absolute atomic E-state index is 0.0973. The molecule has 0 saturated carbocycles. The lowest BCUT2D eigenvalue weighted by molar-refractivity contribution is -0.121. The maximum atomic E-state index is 12.8. The molecule has 2 unspecified atom stereocenters. The van der Waals surface area contributed by atoms with Gasteiger partial charge in [0.15, 0.2) is 5.78 Å². The van der Waals surface area contributed by atoms with Crippen LogP contribution in [0, 0.1) is 0 Å². The number of hydrogen-bond donors (Lipinski definition) is 1. The van der Waals surface area contributed by atoms with E-state index < -0.39 is 0 Å². The smallest absolute Gasteiger partial charge is 0.150 e. The Morgan fingerprint density at radius 2 is 2.05 bits per heavy atom. The third kappa shape index (κ3) is 2.25. The summed E-state index contributed by atoms with van der Waals surface area (Å²) >= 11 is 0. The molecule has 3 heteroatoms. The maximum Gasteiger partial charge on any atom is 0.150 e. The van der Waals surface area contributed by atoms with Crippen LogP contribution < -0.4 is 5.73 Å². The second kappa shape index (κ2) is 5.55. The van der Waals surface area contributed by atoms with Gasteiger partial charge in [-0.1, -0.05) is 36.4 Å². The highest BCUT2D eigenvalue weighted by atomic mass is 16.1. The predicted molar refractivity (Wildman–Crippen MR) is 78.5 cm³/mol. The van der Waals surface area contributed by atoms with Crippen LogP contribution in [0.5, 0.6) is 0 Å². The van der Waals surface area contributed by atoms with Crippen molar-refractivity contribution in [1.29, 1.82) is 0 Å². The summed E-state index contributed by atoms with van der Waals surface area (Å²) in [5.74, 6) is -0.120. The second-order valence-corrected chi connectivity index (χ2v) is 5.24. The molecule has 2 aromatic rings. The quantitative estimate of drug-likeness (QED) is 0.924. The highest BCUT2D eigenvalue weighted by molar-refractivity contribution is 5.92. The highest BCUT2D eigenvalue weighted by Gasteiger charge is 2.34. The van der Waals surface area contributed by atoms with Crippen molar-refractivity contribution >= 4 is 5.78 Å². The van der Waals surface area contributed by atoms with Crippen LogP contribution >= 0.6 is 0 Å². The summed E-state index contributed by atoms with van der Waals surface area (Å²) in [7, 11) is 0. The standard InChI is InChI=1S/C17H18N2O/c18-11-15(12-5-2-1-3-6-12)17(20)14-9-8-13-7-4-10-19-16(13)14/h1-7,10,14-15H,8-9,11,18H2. The Bertz CT molecular complexity index is 605. The minimum Gasteiger partial charge on any atom is -0.329 e. The van der Waals surface area contributed by atoms with Crippen molar-refractivity contribution in [1.82, 2.24) is 4.98 Å². The van der Waals surface area contributed by atoms with Crippen molar-refractivity contribution in [2.45, 2.75) is 24.7 Å². The van der Waals surface area contributed by atoms with Gasteiger partial charge in [0.1, 0.15) is 0 Å². The summed E-state index contributed by atoms with van der Waals surface area (Å²) in [6, 6.07) is 13.8. The average molecular weight is 266 g/mol. The van der Waals surface area contributed by atoms with Gasteiger partial charge in [-0.15, -0.1) is 0 Å². The van der Waals surface area contributed by atoms with Crippen LogP contribution in [0.1, 0.15) is 35.1 Å². The molecule has 1 aliphatic rings. The first-order valence-electron chi connectivity index (χ1n) is 7.03. The maximum absolute atomic E-state index is 12.8. The van der Waals surface area contributed by atoms with E-state index in [9.17, 15) is 4.79 Å². The van der Waals surface area contributed by atoms with Crippen molar-refractivity contribution in [2.24, 2.45) is 5.73 Å². The van der Waals surface area contributed by atoms with Crippen LogP contribution in [0.2, 0.25) is 0 Å². The van der Waals surface area contributed by atoms with E-state index in [1.54, 1.807) is 6.20 Å². The highest BCUT2D eigenvalue weighted by Crippen LogP contribution is 2.35. The SMILES string of the molecule is NCC(C(=O)C1CCc2cccnc21)c1ccccc1. The van der Waals surface area contributed by atoms with E-state index in [4.69, 9.17) is 5.73 Å². The van der Waals surface area contributed by atoms with E-state index in [1.807, 2.05) is 36.4 Å². The van der Waals surface area contributed by atoms with Crippen molar-refractivity contribution in [3.8, 4) is 0 Å². The first-order valence-corrected chi connectivity index (χ1v) is 7.03. The van der Waals surface area contributed by atoms with E-state index in [2.05, 4.69) is 11.1 Å². The Morgan fingerprint density at radius 1 is 1.25 bits per heavy atom. The van der Waals surface area contributed by atoms with Crippen LogP contribution in [0.15, 0.2) is 48.7 Å². The Labute approximate surface area is 118 Å². The van der Waals surface area contributed by atoms with Crippen LogP contribution in [-0.4, -0.2) is 17.3 Å². The Balaban J connectivity index is 1.89. The monoisotopic (exact) mass is 266 g/mol. The molecule has 0 aliphatic heterocycles. The molecule has 0 bridgehead atoms. The zero-order valence-corrected chi connectivity index (χ0v) is 11.3. The molecule has 3 nitrogen and oxygen atoms in total. The molecule has 0 fully saturated rings. The molecular weight excluding hydrogens is 248 g/mol. The predicted octanol–water partition coefficient (Wildman–Crippen LogP) is 2.42. The molecule has 0 spiro atoms. The number of carbonyl (C=O) groups excluding carboxylic acids is 1. The summed E-state index contributed by atoms with van der Waals surface area (Å²) in [6.07, 6.45) is 3.56. The van der Waals surface area contributed by atoms with Gasteiger partial charge in [0.2, 0.25) is 0 Å². The van der Waals surface area contributed by atoms with Gasteiger partial charge in [-0.3, -0.25) is 9.78 Å². The summed E-state index contributed by atoms with van der Waals surface area (Å²) in [5, 5.41) is 0. The van der Waals surface area contributed by atoms with Crippen molar-refractivity contribution in [3.63, 3.8) is 0 Å². The van der Waals surface area contributed by atoms with E-state index in [0.717, 1.165) is 24.1 Å². The number of fused-ring (bicyclic) bond motifs is 1. The molecule has 20 heavy (non-hydrogen) atoms. The fourth-order valence-corrected chi connectivity index (χ4v) is 3.03. The molecular formula is C17H18N2O. The molecule has 1 aromatic carbocycles. The summed E-state index contributed by atoms with van der Waals surface area (Å²) in [6.45, 7) is 0.349. The number of rotatable bonds is 4. The van der Waals surface area contributed by atoms with Crippen LogP contribution in [0.4, 0.5) is 0 Å². The van der Waals surface area contributed by atoms with Crippen molar-refractivity contribution < 1.29 is 4.79 Å². The zero-order chi connectivity index (χ0) is 13.9. The Hall–Kier alpha value is -2.00. The number of ketones is 1. The Kier molecular flexibility index (Phi) is 3.61. The fraction of sp³-hybridized carbons (Fsp3) is 0.294. The number of hydrogen-bond acceptors (Lipinski definition) is 3. The number of aromatic nitrogens is 1. The van der Waals surface area contributed by atoms with Gasteiger partial charge in [0.05, 0.1) is 17.5 Å². The molecule has 1 heterocycles. The lowest BCUT2D eigenvalue weighted by atomic mass is 9.86. The van der Waals surface area contributed by atoms with Crippen LogP contribution in [0.3, 0.4) is 0 Å². The molecule has 0 radical (unpaired) electrons. The molecule has 0 saturated heterocycles. The van der Waals surface area contributed by atoms with E-state index in [1.165, 1.54) is 5.56 Å². The van der Waals surface area contributed by atoms with Crippen LogP contribution in [0.25, 0.3) is 0 Å². The number of pyridine rings is 1. The van der Waals surface area contributed by atoms with Gasteiger partial charge in [0, 0.05) is 12.7 Å². The van der Waals surface area contributed by atoms with Gasteiger partial charge in [0.25, 0.3) is 0 Å². The number of aryl methyl sites for hydroxylation is 1. The normalized spacial score (nSPS) is 18.6. The summed E-state index contributed by atoms with van der Waals surface area (Å²) < 4.78 is 0. The lowest BCUT2D eigenvalue weighted by Crippen LogP contribution is -2.26. The molecule has 1 aliphatic carbocycles. The van der Waals surface area contributed by atoms with Gasteiger partial charge < -0.3 is 5.73 Å². The number of benzene rings is 1. The zero-order valence-electron chi connectivity index (χ0n) is 11.3. The first-order chi connectivity index (χ1) is 9.81. The van der Waals surface area contributed by atoms with Crippen molar-refractivity contribution in [2.75, 3.05) is 6.54 Å². The van der Waals surface area contributed by atoms with E-state index in [-0.39, 0.29) is 17.6 Å². The summed E-state index contributed by atoms with van der Waals surface area (Å²) in [4.78, 5) is 17.2. The van der Waals surface area contributed by atoms with E-state index >= 15 is 0 Å². The number of nitrogens with zero attached hydrogens (tertiary/aromatic N) is 1. The Morgan fingerprint density at radius 3 is 2.80 bits per heavy atom. The molecule has 2 N–H and O–H groups in total. The molecule has 2 atom stereocenters. The number of carbonyl (C=O) groups is 1. The number of Topliss-reactive ketones (excluding diaryl/α,β-unsaturated/α-hetero) is 1. The minimum atomic E-state index is -0.228. The van der Waals surface area contributed by atoms with Gasteiger partial charge in [-0.2, -0.15) is 0 Å². The van der Waals surface area contributed by atoms with Gasteiger partial charge in [-0.25, -0.2) is 0 Å². The second-order valence-electron chi connectivity index (χ2n) is 5.24. The van der Waals surface area contributed by atoms with Gasteiger partial charge >= 0.3 is 0 Å². The topological polar surface area (TPSA) is 56.0 Å². The van der Waals surface area contributed by atoms with Gasteiger partial charge in [-0.05, 0) is 30.0 Å². The third-order valence-corrected chi connectivity index (χ3v) is 4.08. The number of nitrogens with two attached hydrogens (primary N) is 1. The molecule has 3 rings (SSSR count). The first kappa shape index (κ1) is 13.0. The van der Waals surface area contributed by atoms with E-state index in [0.29, 0.717) is 6.54 Å². The average Bonchev–Trinajstić information content (AvgIpc) is 2.93. The van der Waals surface area contributed by atoms with Crippen LogP contribution in [-0.2, 0) is 11.2 Å². The summed E-state index contributed by atoms with van der Waals surface area (Å²) in [5.41, 5.74) is 9.01. The largest absolute Gasteiger partial charge is 0.329 e. The molecule has 0 amide bonds. The molecule has 102 valence electrons. The third-order valence-electron chi connectivity index (χ3n) is 4.08. The fourth-order valence-electron chi connectivity index (χ4n) is 3.03. The lowest BCUT2D eigenvalue weighted by Gasteiger charge is -2.18. The molecule has 1 aromatic heterocycles.